The van der Waals surface area contributed by atoms with Gasteiger partial charge in [0.1, 0.15) is 0 Å². The Kier molecular flexibility index (Phi) is 5.92. The van der Waals surface area contributed by atoms with Crippen molar-refractivity contribution in [2.45, 2.75) is 76.4 Å². The number of hydrogen-bond donors (Lipinski definition) is 1. The Morgan fingerprint density at radius 2 is 1.95 bits per heavy atom. The molecular weight excluding hydrogens is 278 g/mol. The maximum absolute atomic E-state index is 6.25. The van der Waals surface area contributed by atoms with Crippen LogP contribution in [-0.4, -0.2) is 36.3 Å². The van der Waals surface area contributed by atoms with Gasteiger partial charge in [-0.05, 0) is 56.2 Å². The molecule has 0 aromatic carbocycles. The third kappa shape index (κ3) is 3.97. The van der Waals surface area contributed by atoms with Gasteiger partial charge in [0.2, 0.25) is 0 Å². The molecule has 3 fully saturated rings. The summed E-state index contributed by atoms with van der Waals surface area (Å²) in [6, 6.07) is 0.750. The first-order valence-electron chi connectivity index (χ1n) is 9.28. The maximum atomic E-state index is 6.25. The molecule has 2 heterocycles. The van der Waals surface area contributed by atoms with Crippen molar-refractivity contribution in [3.63, 3.8) is 0 Å². The van der Waals surface area contributed by atoms with E-state index < -0.39 is 0 Å². The molecule has 2 aliphatic heterocycles. The van der Waals surface area contributed by atoms with Gasteiger partial charge in [-0.25, -0.2) is 0 Å². The van der Waals surface area contributed by atoms with Crippen molar-refractivity contribution in [2.24, 2.45) is 11.8 Å². The van der Waals surface area contributed by atoms with Gasteiger partial charge < -0.3 is 10.1 Å². The highest BCUT2D eigenvalue weighted by molar-refractivity contribution is 7.99. The predicted octanol–water partition coefficient (Wildman–Crippen LogP) is 4.24. The third-order valence-corrected chi connectivity index (χ3v) is 7.18. The van der Waals surface area contributed by atoms with Crippen LogP contribution in [0.5, 0.6) is 0 Å². The van der Waals surface area contributed by atoms with Crippen molar-refractivity contribution < 1.29 is 4.74 Å². The Morgan fingerprint density at radius 3 is 2.62 bits per heavy atom. The number of thioether (sulfide) groups is 1. The SMILES string of the molecule is CCNC(C1CCCCCC1)C1CCOC2(CCSC2)C1. The summed E-state index contributed by atoms with van der Waals surface area (Å²) in [5, 5.41) is 3.89. The summed E-state index contributed by atoms with van der Waals surface area (Å²) in [7, 11) is 0. The highest BCUT2D eigenvalue weighted by Gasteiger charge is 2.43. The predicted molar refractivity (Wildman–Crippen MR) is 92.0 cm³/mol. The second-order valence-electron chi connectivity index (χ2n) is 7.42. The van der Waals surface area contributed by atoms with Gasteiger partial charge in [0, 0.05) is 18.4 Å². The molecule has 1 saturated carbocycles. The van der Waals surface area contributed by atoms with E-state index in [1.807, 2.05) is 0 Å². The molecule has 1 spiro atoms. The van der Waals surface area contributed by atoms with Crippen LogP contribution >= 0.6 is 11.8 Å². The van der Waals surface area contributed by atoms with E-state index >= 15 is 0 Å². The largest absolute Gasteiger partial charge is 0.374 e. The van der Waals surface area contributed by atoms with Gasteiger partial charge in [-0.2, -0.15) is 11.8 Å². The second kappa shape index (κ2) is 7.70. The quantitative estimate of drug-likeness (QED) is 0.785. The molecule has 3 atom stereocenters. The molecule has 3 rings (SSSR count). The van der Waals surface area contributed by atoms with Crippen molar-refractivity contribution in [1.82, 2.24) is 5.32 Å². The smallest absolute Gasteiger partial charge is 0.0783 e. The molecule has 3 heteroatoms. The molecule has 1 N–H and O–H groups in total. The zero-order valence-electron chi connectivity index (χ0n) is 13.7. The molecule has 1 aliphatic carbocycles. The Labute approximate surface area is 135 Å². The van der Waals surface area contributed by atoms with Gasteiger partial charge in [0.25, 0.3) is 0 Å². The highest BCUT2D eigenvalue weighted by Crippen LogP contribution is 2.43. The van der Waals surface area contributed by atoms with E-state index in [9.17, 15) is 0 Å². The van der Waals surface area contributed by atoms with Crippen molar-refractivity contribution in [3.8, 4) is 0 Å². The average molecular weight is 312 g/mol. The monoisotopic (exact) mass is 311 g/mol. The van der Waals surface area contributed by atoms with E-state index in [0.29, 0.717) is 0 Å². The van der Waals surface area contributed by atoms with Gasteiger partial charge in [0.05, 0.1) is 5.60 Å². The summed E-state index contributed by atoms with van der Waals surface area (Å²) in [6.07, 6.45) is 12.6. The zero-order valence-corrected chi connectivity index (χ0v) is 14.6. The molecular formula is C18H33NOS. The molecule has 2 saturated heterocycles. The Bertz CT molecular complexity index is 308. The van der Waals surface area contributed by atoms with Gasteiger partial charge in [0.15, 0.2) is 0 Å². The lowest BCUT2D eigenvalue weighted by Crippen LogP contribution is -2.49. The lowest BCUT2D eigenvalue weighted by Gasteiger charge is -2.43. The molecule has 0 bridgehead atoms. The van der Waals surface area contributed by atoms with Crippen LogP contribution in [-0.2, 0) is 4.74 Å². The van der Waals surface area contributed by atoms with Crippen molar-refractivity contribution in [1.29, 1.82) is 0 Å². The maximum Gasteiger partial charge on any atom is 0.0783 e. The van der Waals surface area contributed by atoms with Crippen LogP contribution in [0.3, 0.4) is 0 Å². The fraction of sp³-hybridized carbons (Fsp3) is 1.00. The molecule has 2 nitrogen and oxygen atoms in total. The van der Waals surface area contributed by atoms with Gasteiger partial charge >= 0.3 is 0 Å². The summed E-state index contributed by atoms with van der Waals surface area (Å²) >= 11 is 2.10. The Balaban J connectivity index is 1.67. The van der Waals surface area contributed by atoms with E-state index in [4.69, 9.17) is 4.74 Å². The van der Waals surface area contributed by atoms with Gasteiger partial charge in [-0.15, -0.1) is 0 Å². The van der Waals surface area contributed by atoms with Crippen LogP contribution < -0.4 is 5.32 Å². The average Bonchev–Trinajstić information content (AvgIpc) is 2.77. The number of ether oxygens (including phenoxy) is 1. The lowest BCUT2D eigenvalue weighted by atomic mass is 9.75. The molecule has 3 unspecified atom stereocenters. The highest BCUT2D eigenvalue weighted by atomic mass is 32.2. The minimum atomic E-state index is 0.242. The molecule has 0 amide bonds. The van der Waals surface area contributed by atoms with Crippen LogP contribution in [0.4, 0.5) is 0 Å². The Hall–Kier alpha value is 0.270. The normalized spacial score (nSPS) is 36.7. The summed E-state index contributed by atoms with van der Waals surface area (Å²) in [6.45, 7) is 4.41. The van der Waals surface area contributed by atoms with Crippen molar-refractivity contribution in [3.05, 3.63) is 0 Å². The summed E-state index contributed by atoms with van der Waals surface area (Å²) in [5.74, 6) is 4.32. The number of rotatable bonds is 4. The standard InChI is InChI=1S/C18H33NOS/c1-2-19-17(15-7-5-3-4-6-8-15)16-9-11-20-18(13-16)10-12-21-14-18/h15-17,19H,2-14H2,1H3. The van der Waals surface area contributed by atoms with Gasteiger partial charge in [-0.3, -0.25) is 0 Å². The molecule has 21 heavy (non-hydrogen) atoms. The first-order chi connectivity index (χ1) is 10.3. The minimum absolute atomic E-state index is 0.242. The van der Waals surface area contributed by atoms with Crippen molar-refractivity contribution >= 4 is 11.8 Å². The first-order valence-corrected chi connectivity index (χ1v) is 10.4. The van der Waals surface area contributed by atoms with E-state index in [1.54, 1.807) is 0 Å². The number of hydrogen-bond acceptors (Lipinski definition) is 3. The van der Waals surface area contributed by atoms with Crippen molar-refractivity contribution in [2.75, 3.05) is 24.7 Å². The fourth-order valence-electron chi connectivity index (χ4n) is 4.86. The first kappa shape index (κ1) is 16.1. The second-order valence-corrected chi connectivity index (χ2v) is 8.53. The molecule has 0 aromatic heterocycles. The lowest BCUT2D eigenvalue weighted by molar-refractivity contribution is -0.0887. The van der Waals surface area contributed by atoms with Crippen LogP contribution in [0.2, 0.25) is 0 Å². The summed E-state index contributed by atoms with van der Waals surface area (Å²) in [5.41, 5.74) is 0.242. The molecule has 3 aliphatic rings. The zero-order chi connectivity index (χ0) is 14.5. The van der Waals surface area contributed by atoms with Gasteiger partial charge in [-0.1, -0.05) is 32.6 Å². The van der Waals surface area contributed by atoms with E-state index in [-0.39, 0.29) is 5.60 Å². The minimum Gasteiger partial charge on any atom is -0.374 e. The third-order valence-electron chi connectivity index (χ3n) is 5.95. The Morgan fingerprint density at radius 1 is 1.14 bits per heavy atom. The molecule has 122 valence electrons. The fourth-order valence-corrected chi connectivity index (χ4v) is 6.24. The van der Waals surface area contributed by atoms with Crippen LogP contribution in [0, 0.1) is 11.8 Å². The van der Waals surface area contributed by atoms with E-state index in [2.05, 4.69) is 24.0 Å². The van der Waals surface area contributed by atoms with E-state index in [1.165, 1.54) is 69.3 Å². The molecule has 0 radical (unpaired) electrons. The number of nitrogens with one attached hydrogen (secondary N) is 1. The summed E-state index contributed by atoms with van der Waals surface area (Å²) in [4.78, 5) is 0. The van der Waals surface area contributed by atoms with Crippen LogP contribution in [0.25, 0.3) is 0 Å². The van der Waals surface area contributed by atoms with E-state index in [0.717, 1.165) is 31.0 Å². The van der Waals surface area contributed by atoms with Crippen LogP contribution in [0.1, 0.15) is 64.7 Å². The summed E-state index contributed by atoms with van der Waals surface area (Å²) < 4.78 is 6.25. The van der Waals surface area contributed by atoms with Crippen LogP contribution in [0.15, 0.2) is 0 Å². The molecule has 0 aromatic rings. The topological polar surface area (TPSA) is 21.3 Å².